The molecule has 0 radical (unpaired) electrons. The molecule has 4 nitrogen and oxygen atoms in total. The minimum Gasteiger partial charge on any atom is -0.490 e. The molecule has 0 aliphatic heterocycles. The van der Waals surface area contributed by atoms with Crippen LogP contribution in [-0.4, -0.2) is 22.6 Å². The fourth-order valence-corrected chi connectivity index (χ4v) is 2.15. The molecule has 0 unspecified atom stereocenters. The van der Waals surface area contributed by atoms with Crippen molar-refractivity contribution in [2.24, 2.45) is 5.92 Å². The second-order valence-corrected chi connectivity index (χ2v) is 6.73. The molecule has 1 saturated carbocycles. The summed E-state index contributed by atoms with van der Waals surface area (Å²) in [5.41, 5.74) is 1.00. The molecule has 1 fully saturated rings. The molecule has 0 aromatic carbocycles. The first-order valence-corrected chi connectivity index (χ1v) is 8.28. The van der Waals surface area contributed by atoms with E-state index in [0.717, 1.165) is 42.8 Å². The lowest BCUT2D eigenvalue weighted by Gasteiger charge is -2.14. The van der Waals surface area contributed by atoms with Crippen LogP contribution in [0.3, 0.4) is 0 Å². The second-order valence-electron chi connectivity index (χ2n) is 6.73. The molecule has 0 bridgehead atoms. The van der Waals surface area contributed by atoms with E-state index in [4.69, 9.17) is 4.74 Å². The summed E-state index contributed by atoms with van der Waals surface area (Å²) in [5.74, 6) is 2.82. The van der Waals surface area contributed by atoms with Gasteiger partial charge in [0.2, 0.25) is 0 Å². The van der Waals surface area contributed by atoms with E-state index < -0.39 is 0 Å². The minimum atomic E-state index is 0.347. The summed E-state index contributed by atoms with van der Waals surface area (Å²) in [6, 6.07) is 0.677. The summed E-state index contributed by atoms with van der Waals surface area (Å²) < 4.78 is 5.91. The maximum absolute atomic E-state index is 5.91. The Morgan fingerprint density at radius 1 is 1.29 bits per heavy atom. The number of nitrogens with zero attached hydrogens (tertiary/aromatic N) is 2. The van der Waals surface area contributed by atoms with Crippen molar-refractivity contribution in [3.05, 3.63) is 17.7 Å². The van der Waals surface area contributed by atoms with Gasteiger partial charge in [0.15, 0.2) is 5.75 Å². The number of ether oxygens (including phenoxy) is 1. The van der Waals surface area contributed by atoms with Gasteiger partial charge in [-0.3, -0.25) is 0 Å². The molecule has 0 spiro atoms. The molecule has 1 aliphatic rings. The van der Waals surface area contributed by atoms with E-state index in [1.54, 1.807) is 0 Å². The van der Waals surface area contributed by atoms with Gasteiger partial charge in [0.05, 0.1) is 18.5 Å². The van der Waals surface area contributed by atoms with Crippen LogP contribution in [-0.2, 0) is 6.54 Å². The predicted octanol–water partition coefficient (Wildman–Crippen LogP) is 3.67. The van der Waals surface area contributed by atoms with Crippen LogP contribution >= 0.6 is 0 Å². The van der Waals surface area contributed by atoms with Gasteiger partial charge in [-0.15, -0.1) is 0 Å². The zero-order chi connectivity index (χ0) is 15.2. The lowest BCUT2D eigenvalue weighted by Crippen LogP contribution is -2.18. The maximum atomic E-state index is 5.91. The van der Waals surface area contributed by atoms with Crippen molar-refractivity contribution in [1.29, 1.82) is 0 Å². The van der Waals surface area contributed by atoms with E-state index in [-0.39, 0.29) is 0 Å². The van der Waals surface area contributed by atoms with E-state index in [0.29, 0.717) is 12.0 Å². The molecule has 1 aliphatic carbocycles. The molecule has 0 atom stereocenters. The van der Waals surface area contributed by atoms with Crippen LogP contribution in [0.2, 0.25) is 0 Å². The van der Waals surface area contributed by atoms with E-state index in [2.05, 4.69) is 43.0 Å². The third-order valence-electron chi connectivity index (χ3n) is 3.68. The van der Waals surface area contributed by atoms with Crippen molar-refractivity contribution in [2.75, 3.05) is 6.61 Å². The fourth-order valence-electron chi connectivity index (χ4n) is 2.15. The van der Waals surface area contributed by atoms with Gasteiger partial charge in [0.1, 0.15) is 5.82 Å². The van der Waals surface area contributed by atoms with Crippen LogP contribution in [0.25, 0.3) is 0 Å². The monoisotopic (exact) mass is 291 g/mol. The molecule has 1 heterocycles. The van der Waals surface area contributed by atoms with Gasteiger partial charge in [-0.25, -0.2) is 9.97 Å². The number of rotatable bonds is 9. The van der Waals surface area contributed by atoms with Gasteiger partial charge in [0.25, 0.3) is 0 Å². The average Bonchev–Trinajstić information content (AvgIpc) is 3.25. The summed E-state index contributed by atoms with van der Waals surface area (Å²) >= 11 is 0. The van der Waals surface area contributed by atoms with Crippen LogP contribution < -0.4 is 10.1 Å². The summed E-state index contributed by atoms with van der Waals surface area (Å²) in [4.78, 5) is 9.12. The van der Waals surface area contributed by atoms with Crippen molar-refractivity contribution in [1.82, 2.24) is 15.3 Å². The van der Waals surface area contributed by atoms with Gasteiger partial charge < -0.3 is 10.1 Å². The highest BCUT2D eigenvalue weighted by atomic mass is 16.5. The normalized spacial score (nSPS) is 15.0. The van der Waals surface area contributed by atoms with Crippen molar-refractivity contribution >= 4 is 0 Å². The summed E-state index contributed by atoms with van der Waals surface area (Å²) in [5, 5.41) is 3.52. The smallest absolute Gasteiger partial charge is 0.160 e. The van der Waals surface area contributed by atoms with E-state index in [9.17, 15) is 0 Å². The van der Waals surface area contributed by atoms with Crippen LogP contribution in [0.5, 0.6) is 5.75 Å². The zero-order valence-corrected chi connectivity index (χ0v) is 13.9. The molecule has 4 heteroatoms. The first-order valence-electron chi connectivity index (χ1n) is 8.28. The molecule has 0 saturated heterocycles. The minimum absolute atomic E-state index is 0.347. The number of hydrogen-bond acceptors (Lipinski definition) is 4. The Kier molecular flexibility index (Phi) is 5.97. The average molecular weight is 291 g/mol. The molecule has 118 valence electrons. The highest BCUT2D eigenvalue weighted by molar-refractivity contribution is 5.25. The van der Waals surface area contributed by atoms with Crippen LogP contribution in [0.15, 0.2) is 6.20 Å². The molecular formula is C17H29N3O. The molecule has 21 heavy (non-hydrogen) atoms. The molecule has 1 N–H and O–H groups in total. The Hall–Kier alpha value is -1.16. The first kappa shape index (κ1) is 16.2. The SMILES string of the molecule is CC(C)CCCOc1cnc(C(C)C)nc1CNC1CC1. The quantitative estimate of drug-likeness (QED) is 0.705. The van der Waals surface area contributed by atoms with E-state index in [1.807, 2.05) is 6.20 Å². The molecule has 2 rings (SSSR count). The number of aromatic nitrogens is 2. The Bertz CT molecular complexity index is 442. The maximum Gasteiger partial charge on any atom is 0.160 e. The van der Waals surface area contributed by atoms with Crippen molar-refractivity contribution in [2.45, 2.75) is 71.9 Å². The number of nitrogens with one attached hydrogen (secondary N) is 1. The summed E-state index contributed by atoms with van der Waals surface area (Å²) in [6.07, 6.45) is 6.70. The fraction of sp³-hybridized carbons (Fsp3) is 0.765. The number of hydrogen-bond donors (Lipinski definition) is 1. The summed E-state index contributed by atoms with van der Waals surface area (Å²) in [7, 11) is 0. The van der Waals surface area contributed by atoms with Gasteiger partial charge >= 0.3 is 0 Å². The van der Waals surface area contributed by atoms with E-state index >= 15 is 0 Å². The molecule has 1 aromatic rings. The van der Waals surface area contributed by atoms with E-state index in [1.165, 1.54) is 19.3 Å². The van der Waals surface area contributed by atoms with Crippen molar-refractivity contribution in [3.8, 4) is 5.75 Å². The van der Waals surface area contributed by atoms with Gasteiger partial charge in [-0.1, -0.05) is 27.7 Å². The topological polar surface area (TPSA) is 47.0 Å². The lowest BCUT2D eigenvalue weighted by molar-refractivity contribution is 0.291. The van der Waals surface area contributed by atoms with Gasteiger partial charge in [-0.05, 0) is 31.6 Å². The molecule has 1 aromatic heterocycles. The molecular weight excluding hydrogens is 262 g/mol. The Morgan fingerprint density at radius 2 is 2.05 bits per heavy atom. The highest BCUT2D eigenvalue weighted by Crippen LogP contribution is 2.23. The van der Waals surface area contributed by atoms with Crippen LogP contribution in [0.1, 0.15) is 70.8 Å². The van der Waals surface area contributed by atoms with Crippen molar-refractivity contribution < 1.29 is 4.74 Å². The third kappa shape index (κ3) is 5.62. The Balaban J connectivity index is 1.95. The van der Waals surface area contributed by atoms with Gasteiger partial charge in [0, 0.05) is 18.5 Å². The zero-order valence-electron chi connectivity index (χ0n) is 13.9. The predicted molar refractivity (Wildman–Crippen MR) is 85.5 cm³/mol. The Morgan fingerprint density at radius 3 is 2.67 bits per heavy atom. The van der Waals surface area contributed by atoms with Crippen molar-refractivity contribution in [3.63, 3.8) is 0 Å². The largest absolute Gasteiger partial charge is 0.490 e. The first-order chi connectivity index (χ1) is 10.1. The lowest BCUT2D eigenvalue weighted by atomic mass is 10.1. The molecule has 0 amide bonds. The Labute approximate surface area is 128 Å². The third-order valence-corrected chi connectivity index (χ3v) is 3.68. The van der Waals surface area contributed by atoms with Crippen LogP contribution in [0, 0.1) is 5.92 Å². The summed E-state index contributed by atoms with van der Waals surface area (Å²) in [6.45, 7) is 10.3. The standard InChI is InChI=1S/C17H29N3O/c1-12(2)6-5-9-21-16-11-19-17(13(3)4)20-15(16)10-18-14-7-8-14/h11-14,18H,5-10H2,1-4H3. The highest BCUT2D eigenvalue weighted by Gasteiger charge is 2.21. The van der Waals surface area contributed by atoms with Crippen LogP contribution in [0.4, 0.5) is 0 Å². The second kappa shape index (κ2) is 7.74. The van der Waals surface area contributed by atoms with Gasteiger partial charge in [-0.2, -0.15) is 0 Å².